The van der Waals surface area contributed by atoms with Crippen molar-refractivity contribution in [2.45, 2.75) is 0 Å². The summed E-state index contributed by atoms with van der Waals surface area (Å²) >= 11 is 0. The van der Waals surface area contributed by atoms with Crippen molar-refractivity contribution < 1.29 is 0 Å². The molecule has 182 valence electrons. The Morgan fingerprint density at radius 3 is 2.03 bits per heavy atom. The van der Waals surface area contributed by atoms with Crippen molar-refractivity contribution in [1.82, 2.24) is 19.5 Å². The highest BCUT2D eigenvalue weighted by atomic mass is 15.2. The summed E-state index contributed by atoms with van der Waals surface area (Å²) in [5.41, 5.74) is 7.29. The Morgan fingerprint density at radius 1 is 0.487 bits per heavy atom. The minimum Gasteiger partial charge on any atom is -0.278 e. The molecule has 0 aliphatic heterocycles. The monoisotopic (exact) mass is 498 g/mol. The van der Waals surface area contributed by atoms with Crippen LogP contribution in [0.3, 0.4) is 0 Å². The summed E-state index contributed by atoms with van der Waals surface area (Å²) in [5.74, 6) is 0.668. The van der Waals surface area contributed by atoms with Crippen LogP contribution < -0.4 is 0 Å². The van der Waals surface area contributed by atoms with Crippen LogP contribution in [-0.4, -0.2) is 19.5 Å². The summed E-state index contributed by atoms with van der Waals surface area (Å²) in [5, 5.41) is 5.84. The first-order valence-electron chi connectivity index (χ1n) is 13.0. The molecule has 0 bridgehead atoms. The van der Waals surface area contributed by atoms with E-state index in [0.717, 1.165) is 44.3 Å². The Hall–Kier alpha value is -5.35. The Labute approximate surface area is 224 Å². The predicted molar refractivity (Wildman–Crippen MR) is 160 cm³/mol. The smallest absolute Gasteiger partial charge is 0.235 e. The van der Waals surface area contributed by atoms with Crippen LogP contribution in [0, 0.1) is 0 Å². The van der Waals surface area contributed by atoms with Crippen molar-refractivity contribution in [3.8, 4) is 28.3 Å². The fourth-order valence-corrected chi connectivity index (χ4v) is 5.61. The second kappa shape index (κ2) is 8.61. The van der Waals surface area contributed by atoms with Crippen LogP contribution in [0.2, 0.25) is 0 Å². The standard InChI is InChI=1S/C35H22N4/c1-2-9-26-21-33-30(20-25(26)8-1)28-11-4-6-14-32(28)39(33)35-37-31-13-5-3-12-29(31)34(38-35)24-17-15-23(16-18-24)27-10-7-19-36-22-27/h1-22H. The summed E-state index contributed by atoms with van der Waals surface area (Å²) in [6.07, 6.45) is 3.68. The SMILES string of the molecule is c1cncc(-c2ccc(-c3nc(-n4c5ccccc5c5cc6ccccc6cc54)nc4ccccc34)cc2)c1. The van der Waals surface area contributed by atoms with Gasteiger partial charge in [-0.3, -0.25) is 9.55 Å². The van der Waals surface area contributed by atoms with Gasteiger partial charge < -0.3 is 0 Å². The molecule has 4 heteroatoms. The van der Waals surface area contributed by atoms with Crippen molar-refractivity contribution in [3.63, 3.8) is 0 Å². The van der Waals surface area contributed by atoms with E-state index in [1.165, 1.54) is 21.5 Å². The van der Waals surface area contributed by atoms with Crippen LogP contribution in [0.15, 0.2) is 134 Å². The number of pyridine rings is 1. The molecule has 0 aliphatic rings. The second-order valence-corrected chi connectivity index (χ2v) is 9.78. The minimum absolute atomic E-state index is 0.668. The van der Waals surface area contributed by atoms with Gasteiger partial charge in [0.15, 0.2) is 0 Å². The largest absolute Gasteiger partial charge is 0.278 e. The van der Waals surface area contributed by atoms with Crippen molar-refractivity contribution in [1.29, 1.82) is 0 Å². The van der Waals surface area contributed by atoms with Crippen molar-refractivity contribution in [3.05, 3.63) is 134 Å². The molecule has 0 radical (unpaired) electrons. The zero-order valence-corrected chi connectivity index (χ0v) is 21.0. The van der Waals surface area contributed by atoms with Crippen LogP contribution in [-0.2, 0) is 0 Å². The molecular weight excluding hydrogens is 476 g/mol. The van der Waals surface area contributed by atoms with Crippen molar-refractivity contribution in [2.75, 3.05) is 0 Å². The highest BCUT2D eigenvalue weighted by molar-refractivity contribution is 6.13. The van der Waals surface area contributed by atoms with Gasteiger partial charge >= 0.3 is 0 Å². The Kier molecular flexibility index (Phi) is 4.79. The van der Waals surface area contributed by atoms with Gasteiger partial charge in [-0.1, -0.05) is 91.0 Å². The van der Waals surface area contributed by atoms with Gasteiger partial charge in [-0.2, -0.15) is 0 Å². The number of aromatic nitrogens is 4. The van der Waals surface area contributed by atoms with Crippen LogP contribution >= 0.6 is 0 Å². The summed E-state index contributed by atoms with van der Waals surface area (Å²) < 4.78 is 2.21. The predicted octanol–water partition coefficient (Wildman–Crippen LogP) is 8.61. The van der Waals surface area contributed by atoms with Crippen LogP contribution in [0.5, 0.6) is 0 Å². The lowest BCUT2D eigenvalue weighted by atomic mass is 10.0. The Bertz CT molecular complexity index is 2160. The molecule has 0 spiro atoms. The van der Waals surface area contributed by atoms with E-state index in [2.05, 4.69) is 113 Å². The lowest BCUT2D eigenvalue weighted by Crippen LogP contribution is -2.03. The first-order valence-corrected chi connectivity index (χ1v) is 13.0. The average molecular weight is 499 g/mol. The van der Waals surface area contributed by atoms with Gasteiger partial charge in [-0.25, -0.2) is 9.97 Å². The second-order valence-electron chi connectivity index (χ2n) is 9.78. The molecular formula is C35H22N4. The molecule has 4 nitrogen and oxygen atoms in total. The summed E-state index contributed by atoms with van der Waals surface area (Å²) in [4.78, 5) is 14.6. The van der Waals surface area contributed by atoms with Crippen LogP contribution in [0.4, 0.5) is 0 Å². The molecule has 0 fully saturated rings. The highest BCUT2D eigenvalue weighted by Gasteiger charge is 2.17. The first kappa shape index (κ1) is 21.7. The molecule has 8 aromatic rings. The lowest BCUT2D eigenvalue weighted by molar-refractivity contribution is 1.01. The zero-order valence-electron chi connectivity index (χ0n) is 21.0. The normalized spacial score (nSPS) is 11.6. The van der Waals surface area contributed by atoms with E-state index >= 15 is 0 Å². The average Bonchev–Trinajstić information content (AvgIpc) is 3.33. The maximum Gasteiger partial charge on any atom is 0.235 e. The summed E-state index contributed by atoms with van der Waals surface area (Å²) in [6.45, 7) is 0. The molecule has 5 aromatic carbocycles. The number of hydrogen-bond donors (Lipinski definition) is 0. The minimum atomic E-state index is 0.668. The van der Waals surface area contributed by atoms with E-state index in [1.54, 1.807) is 6.20 Å². The molecule has 0 unspecified atom stereocenters. The van der Waals surface area contributed by atoms with E-state index in [9.17, 15) is 0 Å². The van der Waals surface area contributed by atoms with Crippen LogP contribution in [0.25, 0.3) is 71.8 Å². The third-order valence-electron chi connectivity index (χ3n) is 7.48. The van der Waals surface area contributed by atoms with Gasteiger partial charge in [0.25, 0.3) is 0 Å². The number of rotatable bonds is 3. The van der Waals surface area contributed by atoms with E-state index < -0.39 is 0 Å². The first-order chi connectivity index (χ1) is 19.3. The van der Waals surface area contributed by atoms with E-state index in [4.69, 9.17) is 9.97 Å². The molecule has 0 aliphatic carbocycles. The molecule has 3 aromatic heterocycles. The van der Waals surface area contributed by atoms with Gasteiger partial charge in [0, 0.05) is 34.1 Å². The number of nitrogens with zero attached hydrogens (tertiary/aromatic N) is 4. The molecule has 0 N–H and O–H groups in total. The quantitative estimate of drug-likeness (QED) is 0.245. The topological polar surface area (TPSA) is 43.6 Å². The molecule has 0 atom stereocenters. The van der Waals surface area contributed by atoms with Gasteiger partial charge in [0.1, 0.15) is 0 Å². The molecule has 0 saturated heterocycles. The number of para-hydroxylation sites is 2. The Balaban J connectivity index is 1.39. The third-order valence-corrected chi connectivity index (χ3v) is 7.48. The fourth-order valence-electron chi connectivity index (χ4n) is 5.61. The maximum absolute atomic E-state index is 5.24. The summed E-state index contributed by atoms with van der Waals surface area (Å²) in [7, 11) is 0. The molecule has 8 rings (SSSR count). The van der Waals surface area contributed by atoms with E-state index in [1.807, 2.05) is 24.4 Å². The van der Waals surface area contributed by atoms with E-state index in [0.29, 0.717) is 5.95 Å². The van der Waals surface area contributed by atoms with Gasteiger partial charge in [0.05, 0.1) is 22.2 Å². The van der Waals surface area contributed by atoms with E-state index in [-0.39, 0.29) is 0 Å². The molecule has 3 heterocycles. The van der Waals surface area contributed by atoms with Crippen molar-refractivity contribution >= 4 is 43.5 Å². The molecule has 0 amide bonds. The lowest BCUT2D eigenvalue weighted by Gasteiger charge is -2.12. The molecule has 39 heavy (non-hydrogen) atoms. The zero-order chi connectivity index (χ0) is 25.8. The number of hydrogen-bond acceptors (Lipinski definition) is 3. The number of fused-ring (bicyclic) bond motifs is 5. The van der Waals surface area contributed by atoms with Gasteiger partial charge in [0.2, 0.25) is 5.95 Å². The van der Waals surface area contributed by atoms with Crippen molar-refractivity contribution in [2.24, 2.45) is 0 Å². The maximum atomic E-state index is 5.24. The van der Waals surface area contributed by atoms with Crippen LogP contribution in [0.1, 0.15) is 0 Å². The number of benzene rings is 5. The van der Waals surface area contributed by atoms with Gasteiger partial charge in [-0.05, 0) is 52.2 Å². The third kappa shape index (κ3) is 3.50. The Morgan fingerprint density at radius 2 is 1.21 bits per heavy atom. The fraction of sp³-hybridized carbons (Fsp3) is 0. The summed E-state index contributed by atoms with van der Waals surface area (Å²) in [6, 6.07) is 42.4. The highest BCUT2D eigenvalue weighted by Crippen LogP contribution is 2.36. The molecule has 0 saturated carbocycles. The van der Waals surface area contributed by atoms with Gasteiger partial charge in [-0.15, -0.1) is 0 Å².